The van der Waals surface area contributed by atoms with Crippen LogP contribution in [0.4, 0.5) is 4.20 Å². The lowest BCUT2D eigenvalue weighted by atomic mass is 11.2. The fourth-order valence-electron chi connectivity index (χ4n) is 0. The number of rotatable bonds is 0. The SMILES string of the molecule is C=C=O.O=P(O)(O)F. The molecule has 0 fully saturated rings. The molecule has 6 heteroatoms. The molecule has 0 saturated carbocycles. The molecule has 0 aliphatic heterocycles. The third kappa shape index (κ3) is 514. The molecular weight excluding hydrogens is 138 g/mol. The second kappa shape index (κ2) is 4.68. The minimum absolute atomic E-state index is 1.25. The smallest absolute Gasteiger partial charge is 0.299 e. The molecule has 0 heterocycles. The standard InChI is InChI=1S/C2H2O.FH2O3P/c1-2-3;1-5(2,3)4/h1H2;(H2,2,3,4). The minimum Gasteiger partial charge on any atom is -0.299 e. The molecule has 2 N–H and O–H groups in total. The summed E-state index contributed by atoms with van der Waals surface area (Å²) < 4.78 is 19.0. The average molecular weight is 142 g/mol. The van der Waals surface area contributed by atoms with Crippen LogP contribution in [0.25, 0.3) is 0 Å². The van der Waals surface area contributed by atoms with Crippen LogP contribution in [0.15, 0.2) is 6.58 Å². The summed E-state index contributed by atoms with van der Waals surface area (Å²) in [6.07, 6.45) is 0. The van der Waals surface area contributed by atoms with E-state index in [0.29, 0.717) is 0 Å². The summed E-state index contributed by atoms with van der Waals surface area (Å²) >= 11 is 0. The fraction of sp³-hybridized carbons (Fsp3) is 0. The lowest BCUT2D eigenvalue weighted by Crippen LogP contribution is -1.56. The van der Waals surface area contributed by atoms with Gasteiger partial charge in [-0.15, -0.1) is 4.20 Å². The molecule has 0 bridgehead atoms. The van der Waals surface area contributed by atoms with Crippen molar-refractivity contribution in [2.24, 2.45) is 0 Å². The molecule has 0 radical (unpaired) electrons. The van der Waals surface area contributed by atoms with Crippen LogP contribution in [0.1, 0.15) is 0 Å². The van der Waals surface area contributed by atoms with Gasteiger partial charge in [-0.25, -0.2) is 9.36 Å². The molecule has 8 heavy (non-hydrogen) atoms. The van der Waals surface area contributed by atoms with E-state index in [2.05, 4.69) is 6.58 Å². The quantitative estimate of drug-likeness (QED) is 0.370. The molecule has 0 saturated heterocycles. The highest BCUT2D eigenvalue weighted by Crippen LogP contribution is 2.34. The van der Waals surface area contributed by atoms with E-state index in [9.17, 15) is 4.20 Å². The van der Waals surface area contributed by atoms with Gasteiger partial charge in [0.15, 0.2) is 0 Å². The maximum Gasteiger partial charge on any atom is 0.507 e. The van der Waals surface area contributed by atoms with Crippen molar-refractivity contribution >= 4 is 13.8 Å². The van der Waals surface area contributed by atoms with Gasteiger partial charge in [0.25, 0.3) is 0 Å². The summed E-state index contributed by atoms with van der Waals surface area (Å²) in [7, 11) is -5.14. The first-order valence-electron chi connectivity index (χ1n) is 1.31. The first-order valence-corrected chi connectivity index (χ1v) is 2.81. The zero-order valence-electron chi connectivity index (χ0n) is 3.74. The number of hydrogen-bond acceptors (Lipinski definition) is 2. The lowest BCUT2D eigenvalue weighted by molar-refractivity contribution is 0.322. The second-order valence-electron chi connectivity index (χ2n) is 0.617. The zero-order chi connectivity index (χ0) is 7.21. The highest BCUT2D eigenvalue weighted by Gasteiger charge is 2.04. The van der Waals surface area contributed by atoms with Gasteiger partial charge >= 0.3 is 7.91 Å². The van der Waals surface area contributed by atoms with Gasteiger partial charge in [-0.05, 0) is 6.58 Å². The van der Waals surface area contributed by atoms with E-state index in [4.69, 9.17) is 19.1 Å². The van der Waals surface area contributed by atoms with Crippen LogP contribution in [0.2, 0.25) is 0 Å². The van der Waals surface area contributed by atoms with Crippen molar-refractivity contribution in [3.8, 4) is 0 Å². The Hall–Kier alpha value is -0.470. The Labute approximate surface area is 44.9 Å². The van der Waals surface area contributed by atoms with E-state index < -0.39 is 7.91 Å². The van der Waals surface area contributed by atoms with Crippen molar-refractivity contribution in [2.45, 2.75) is 0 Å². The van der Waals surface area contributed by atoms with Gasteiger partial charge in [0.2, 0.25) is 0 Å². The van der Waals surface area contributed by atoms with Crippen molar-refractivity contribution in [2.75, 3.05) is 0 Å². The molecule has 0 rings (SSSR count). The Morgan fingerprint density at radius 1 is 1.62 bits per heavy atom. The molecular formula is C2H4FO4P. The van der Waals surface area contributed by atoms with Gasteiger partial charge < -0.3 is 0 Å². The molecule has 48 valence electrons. The van der Waals surface area contributed by atoms with Gasteiger partial charge in [-0.2, -0.15) is 0 Å². The van der Waals surface area contributed by atoms with Crippen LogP contribution in [0.5, 0.6) is 0 Å². The molecule has 0 unspecified atom stereocenters. The monoisotopic (exact) mass is 142 g/mol. The van der Waals surface area contributed by atoms with Crippen LogP contribution in [-0.2, 0) is 9.36 Å². The van der Waals surface area contributed by atoms with Gasteiger partial charge in [-0.3, -0.25) is 9.79 Å². The van der Waals surface area contributed by atoms with Gasteiger partial charge in [0.05, 0.1) is 0 Å². The number of hydrogen-bond donors (Lipinski definition) is 2. The predicted molar refractivity (Wildman–Crippen MR) is 24.5 cm³/mol. The van der Waals surface area contributed by atoms with E-state index >= 15 is 0 Å². The van der Waals surface area contributed by atoms with Crippen molar-refractivity contribution in [3.05, 3.63) is 6.58 Å². The van der Waals surface area contributed by atoms with Crippen LogP contribution >= 0.6 is 7.91 Å². The minimum atomic E-state index is -5.14. The topological polar surface area (TPSA) is 74.6 Å². The molecule has 0 aromatic heterocycles. The Morgan fingerprint density at radius 2 is 1.62 bits per heavy atom. The Balaban J connectivity index is 0. The molecule has 4 nitrogen and oxygen atoms in total. The third-order valence-electron chi connectivity index (χ3n) is 0. The summed E-state index contributed by atoms with van der Waals surface area (Å²) in [6.45, 7) is 2.68. The number of halogens is 1. The summed E-state index contributed by atoms with van der Waals surface area (Å²) in [5.41, 5.74) is 0. The summed E-state index contributed by atoms with van der Waals surface area (Å²) in [5.74, 6) is 1.25. The molecule has 0 aliphatic carbocycles. The average Bonchev–Trinajstić information content (AvgIpc) is 1.27. The van der Waals surface area contributed by atoms with Crippen LogP contribution in [-0.4, -0.2) is 15.7 Å². The third-order valence-corrected chi connectivity index (χ3v) is 0. The lowest BCUT2D eigenvalue weighted by Gasteiger charge is -1.77. The molecule has 0 aromatic carbocycles. The highest BCUT2D eigenvalue weighted by molar-refractivity contribution is 7.45. The Morgan fingerprint density at radius 3 is 1.62 bits per heavy atom. The normalized spacial score (nSPS) is 8.38. The van der Waals surface area contributed by atoms with Gasteiger partial charge in [0, 0.05) is 0 Å². The van der Waals surface area contributed by atoms with Crippen LogP contribution in [0.3, 0.4) is 0 Å². The zero-order valence-corrected chi connectivity index (χ0v) is 4.64. The molecule has 0 atom stereocenters. The summed E-state index contributed by atoms with van der Waals surface area (Å²) in [6, 6.07) is 0. The molecule has 0 aromatic rings. The van der Waals surface area contributed by atoms with E-state index in [1.165, 1.54) is 5.94 Å². The Kier molecular flexibility index (Phi) is 6.15. The van der Waals surface area contributed by atoms with Crippen molar-refractivity contribution in [3.63, 3.8) is 0 Å². The highest BCUT2D eigenvalue weighted by atomic mass is 31.2. The molecule has 0 amide bonds. The number of carbonyl (C=O) groups excluding carboxylic acids is 1. The first kappa shape index (κ1) is 10.5. The fourth-order valence-corrected chi connectivity index (χ4v) is 0. The molecule has 0 spiro atoms. The van der Waals surface area contributed by atoms with E-state index in [0.717, 1.165) is 0 Å². The summed E-state index contributed by atoms with van der Waals surface area (Å²) in [4.78, 5) is 22.5. The second-order valence-corrected chi connectivity index (χ2v) is 1.56. The predicted octanol–water partition coefficient (Wildman–Crippen LogP) is 0.0526. The van der Waals surface area contributed by atoms with E-state index in [-0.39, 0.29) is 0 Å². The Bertz CT molecular complexity index is 112. The van der Waals surface area contributed by atoms with Gasteiger partial charge in [-0.1, -0.05) is 0 Å². The van der Waals surface area contributed by atoms with E-state index in [1.807, 2.05) is 0 Å². The maximum atomic E-state index is 10.4. The van der Waals surface area contributed by atoms with Crippen LogP contribution < -0.4 is 0 Å². The van der Waals surface area contributed by atoms with Gasteiger partial charge in [0.1, 0.15) is 5.94 Å². The molecule has 0 aliphatic rings. The first-order chi connectivity index (χ1) is 3.41. The van der Waals surface area contributed by atoms with Crippen molar-refractivity contribution < 1.29 is 23.3 Å². The van der Waals surface area contributed by atoms with Crippen molar-refractivity contribution in [1.29, 1.82) is 0 Å². The van der Waals surface area contributed by atoms with Crippen molar-refractivity contribution in [1.82, 2.24) is 0 Å². The maximum absolute atomic E-state index is 10.4. The van der Waals surface area contributed by atoms with E-state index in [1.54, 1.807) is 0 Å². The van der Waals surface area contributed by atoms with Crippen LogP contribution in [0, 0.1) is 0 Å². The summed E-state index contributed by atoms with van der Waals surface area (Å²) in [5, 5.41) is 0. The largest absolute Gasteiger partial charge is 0.507 e.